The highest BCUT2D eigenvalue weighted by Crippen LogP contribution is 2.26. The Bertz CT molecular complexity index is 318. The molecule has 0 atom stereocenters. The van der Waals surface area contributed by atoms with Gasteiger partial charge in [0.1, 0.15) is 0 Å². The van der Waals surface area contributed by atoms with Crippen molar-refractivity contribution in [2.75, 3.05) is 0 Å². The van der Waals surface area contributed by atoms with Crippen LogP contribution in [0.25, 0.3) is 6.08 Å². The zero-order valence-corrected chi connectivity index (χ0v) is 9.15. The molecule has 1 rings (SSSR count). The van der Waals surface area contributed by atoms with Gasteiger partial charge in [0.25, 0.3) is 0 Å². The maximum atomic E-state index is 5.99. The summed E-state index contributed by atoms with van der Waals surface area (Å²) < 4.78 is 0. The Balaban J connectivity index is 3.24. The predicted octanol–water partition coefficient (Wildman–Crippen LogP) is 4.28. The smallest absolute Gasteiger partial charge is 0.0414 e. The molecule has 0 saturated heterocycles. The Kier molecular flexibility index (Phi) is 2.82. The standard InChI is InChI=1S/C12H15Cl/c1-5-9-6-10(12(2,3)4)8-11(13)7-9/h5-8H,1H2,2-4H3. The molecule has 0 spiro atoms. The van der Waals surface area contributed by atoms with E-state index in [1.807, 2.05) is 18.2 Å². The van der Waals surface area contributed by atoms with E-state index >= 15 is 0 Å². The zero-order chi connectivity index (χ0) is 10.1. The van der Waals surface area contributed by atoms with Crippen LogP contribution in [0.5, 0.6) is 0 Å². The van der Waals surface area contributed by atoms with Gasteiger partial charge in [0.05, 0.1) is 0 Å². The first-order chi connectivity index (χ1) is 5.93. The third-order valence-electron chi connectivity index (χ3n) is 2.02. The molecule has 0 N–H and O–H groups in total. The molecule has 1 heteroatoms. The van der Waals surface area contributed by atoms with E-state index in [-0.39, 0.29) is 5.41 Å². The lowest BCUT2D eigenvalue weighted by Gasteiger charge is -2.19. The first kappa shape index (κ1) is 10.3. The van der Waals surface area contributed by atoms with Crippen molar-refractivity contribution in [1.82, 2.24) is 0 Å². The fourth-order valence-corrected chi connectivity index (χ4v) is 1.41. The summed E-state index contributed by atoms with van der Waals surface area (Å²) in [6.07, 6.45) is 1.82. The monoisotopic (exact) mass is 194 g/mol. The molecule has 0 radical (unpaired) electrons. The number of hydrogen-bond acceptors (Lipinski definition) is 0. The largest absolute Gasteiger partial charge is 0.0985 e. The van der Waals surface area contributed by atoms with E-state index in [1.165, 1.54) is 5.56 Å². The van der Waals surface area contributed by atoms with E-state index in [1.54, 1.807) is 0 Å². The van der Waals surface area contributed by atoms with Crippen LogP contribution >= 0.6 is 11.6 Å². The number of hydrogen-bond donors (Lipinski definition) is 0. The summed E-state index contributed by atoms with van der Waals surface area (Å²) in [7, 11) is 0. The Labute approximate surface area is 85.2 Å². The SMILES string of the molecule is C=Cc1cc(Cl)cc(C(C)(C)C)c1. The molecule has 70 valence electrons. The van der Waals surface area contributed by atoms with Crippen molar-refractivity contribution >= 4 is 17.7 Å². The van der Waals surface area contributed by atoms with E-state index in [0.29, 0.717) is 0 Å². The summed E-state index contributed by atoms with van der Waals surface area (Å²) in [6, 6.07) is 6.05. The Morgan fingerprint density at radius 3 is 2.31 bits per heavy atom. The minimum absolute atomic E-state index is 0.142. The molecule has 0 unspecified atom stereocenters. The Morgan fingerprint density at radius 2 is 1.85 bits per heavy atom. The van der Waals surface area contributed by atoms with Crippen LogP contribution in [0.3, 0.4) is 0 Å². The van der Waals surface area contributed by atoms with Gasteiger partial charge in [-0.25, -0.2) is 0 Å². The van der Waals surface area contributed by atoms with Gasteiger partial charge in [0, 0.05) is 5.02 Å². The predicted molar refractivity (Wildman–Crippen MR) is 60.2 cm³/mol. The van der Waals surface area contributed by atoms with Gasteiger partial charge in [-0.3, -0.25) is 0 Å². The average molecular weight is 195 g/mol. The van der Waals surface area contributed by atoms with Gasteiger partial charge in [0.15, 0.2) is 0 Å². The molecule has 0 amide bonds. The molecule has 0 aromatic heterocycles. The van der Waals surface area contributed by atoms with Crippen LogP contribution in [0.1, 0.15) is 31.9 Å². The molecule has 0 nitrogen and oxygen atoms in total. The van der Waals surface area contributed by atoms with E-state index in [4.69, 9.17) is 11.6 Å². The van der Waals surface area contributed by atoms with Gasteiger partial charge >= 0.3 is 0 Å². The van der Waals surface area contributed by atoms with Crippen molar-refractivity contribution in [2.24, 2.45) is 0 Å². The molecular formula is C12H15Cl. The van der Waals surface area contributed by atoms with Crippen molar-refractivity contribution in [3.8, 4) is 0 Å². The summed E-state index contributed by atoms with van der Waals surface area (Å²) in [6.45, 7) is 10.3. The fraction of sp³-hybridized carbons (Fsp3) is 0.333. The topological polar surface area (TPSA) is 0 Å². The van der Waals surface area contributed by atoms with Gasteiger partial charge in [-0.05, 0) is 28.7 Å². The number of rotatable bonds is 1. The molecule has 0 aliphatic carbocycles. The van der Waals surface area contributed by atoms with Gasteiger partial charge < -0.3 is 0 Å². The first-order valence-corrected chi connectivity index (χ1v) is 4.75. The molecule has 0 aliphatic heterocycles. The normalized spacial score (nSPS) is 11.4. The summed E-state index contributed by atoms with van der Waals surface area (Å²) >= 11 is 5.99. The van der Waals surface area contributed by atoms with Gasteiger partial charge in [-0.2, -0.15) is 0 Å². The van der Waals surface area contributed by atoms with Crippen LogP contribution in [-0.4, -0.2) is 0 Å². The van der Waals surface area contributed by atoms with Crippen LogP contribution in [0.2, 0.25) is 5.02 Å². The first-order valence-electron chi connectivity index (χ1n) is 4.37. The second-order valence-corrected chi connectivity index (χ2v) is 4.66. The Morgan fingerprint density at radius 1 is 1.23 bits per heavy atom. The minimum Gasteiger partial charge on any atom is -0.0985 e. The third-order valence-corrected chi connectivity index (χ3v) is 2.24. The van der Waals surface area contributed by atoms with Gasteiger partial charge in [0.2, 0.25) is 0 Å². The van der Waals surface area contributed by atoms with Crippen LogP contribution in [0.4, 0.5) is 0 Å². The molecule has 13 heavy (non-hydrogen) atoms. The number of halogens is 1. The maximum absolute atomic E-state index is 5.99. The van der Waals surface area contributed by atoms with E-state index in [2.05, 4.69) is 33.4 Å². The lowest BCUT2D eigenvalue weighted by atomic mass is 9.86. The van der Waals surface area contributed by atoms with E-state index in [0.717, 1.165) is 10.6 Å². The molecule has 1 aromatic rings. The van der Waals surface area contributed by atoms with Crippen LogP contribution < -0.4 is 0 Å². The molecule has 0 bridgehead atoms. The second-order valence-electron chi connectivity index (χ2n) is 4.23. The molecule has 0 saturated carbocycles. The highest BCUT2D eigenvalue weighted by Gasteiger charge is 2.14. The van der Waals surface area contributed by atoms with Crippen molar-refractivity contribution in [3.63, 3.8) is 0 Å². The van der Waals surface area contributed by atoms with Crippen molar-refractivity contribution < 1.29 is 0 Å². The van der Waals surface area contributed by atoms with Crippen LogP contribution in [0, 0.1) is 0 Å². The fourth-order valence-electron chi connectivity index (χ4n) is 1.16. The van der Waals surface area contributed by atoms with E-state index < -0.39 is 0 Å². The molecular weight excluding hydrogens is 180 g/mol. The van der Waals surface area contributed by atoms with E-state index in [9.17, 15) is 0 Å². The van der Waals surface area contributed by atoms with Crippen molar-refractivity contribution in [1.29, 1.82) is 0 Å². The highest BCUT2D eigenvalue weighted by atomic mass is 35.5. The highest BCUT2D eigenvalue weighted by molar-refractivity contribution is 6.30. The van der Waals surface area contributed by atoms with Gasteiger partial charge in [-0.1, -0.05) is 51.1 Å². The summed E-state index contributed by atoms with van der Waals surface area (Å²) in [4.78, 5) is 0. The van der Waals surface area contributed by atoms with Crippen molar-refractivity contribution in [3.05, 3.63) is 40.9 Å². The number of benzene rings is 1. The maximum Gasteiger partial charge on any atom is 0.0414 e. The van der Waals surface area contributed by atoms with Crippen LogP contribution in [-0.2, 0) is 5.41 Å². The molecule has 0 aliphatic rings. The average Bonchev–Trinajstić information content (AvgIpc) is 2.01. The summed E-state index contributed by atoms with van der Waals surface area (Å²) in [5.41, 5.74) is 2.47. The summed E-state index contributed by atoms with van der Waals surface area (Å²) in [5.74, 6) is 0. The van der Waals surface area contributed by atoms with Crippen molar-refractivity contribution in [2.45, 2.75) is 26.2 Å². The molecule has 0 heterocycles. The minimum atomic E-state index is 0.142. The Hall–Kier alpha value is -0.750. The lowest BCUT2D eigenvalue weighted by molar-refractivity contribution is 0.590. The summed E-state index contributed by atoms with van der Waals surface area (Å²) in [5, 5.41) is 0.780. The quantitative estimate of drug-likeness (QED) is 0.626. The third kappa shape index (κ3) is 2.60. The van der Waals surface area contributed by atoms with Crippen LogP contribution in [0.15, 0.2) is 24.8 Å². The lowest BCUT2D eigenvalue weighted by Crippen LogP contribution is -2.10. The zero-order valence-electron chi connectivity index (χ0n) is 8.39. The van der Waals surface area contributed by atoms with Gasteiger partial charge in [-0.15, -0.1) is 0 Å². The molecule has 1 aromatic carbocycles. The second kappa shape index (κ2) is 3.55. The molecule has 0 fully saturated rings.